The Hall–Kier alpha value is -3.74. The van der Waals surface area contributed by atoms with Gasteiger partial charge in [-0.15, -0.1) is 0 Å². The predicted octanol–water partition coefficient (Wildman–Crippen LogP) is 2.20. The summed E-state index contributed by atoms with van der Waals surface area (Å²) in [6.45, 7) is 0. The standard InChI is InChI=1S/C18H14N6O/c19-18(20)23-17(25)13-10-24(16-12(13)6-3-9-22-16)14-7-1-4-11-5-2-8-21-15(11)14/h1-10H,(H4,19,20,23,25). The average molecular weight is 330 g/mol. The third-order valence-corrected chi connectivity index (χ3v) is 3.93. The van der Waals surface area contributed by atoms with Crippen LogP contribution in [0.1, 0.15) is 10.4 Å². The number of para-hydroxylation sites is 1. The molecule has 0 aliphatic carbocycles. The molecule has 122 valence electrons. The number of carbonyl (C=O) groups excluding carboxylic acids is 1. The second kappa shape index (κ2) is 5.72. The Morgan fingerprint density at radius 1 is 1.08 bits per heavy atom. The lowest BCUT2D eigenvalue weighted by molar-refractivity contribution is 0.0978. The van der Waals surface area contributed by atoms with Crippen molar-refractivity contribution < 1.29 is 4.79 Å². The molecule has 0 atom stereocenters. The Kier molecular flexibility index (Phi) is 3.39. The Balaban J connectivity index is 1.99. The van der Waals surface area contributed by atoms with Crippen molar-refractivity contribution in [3.05, 3.63) is 66.6 Å². The van der Waals surface area contributed by atoms with Gasteiger partial charge in [0.1, 0.15) is 5.65 Å². The largest absolute Gasteiger partial charge is 0.370 e. The molecule has 4 aromatic rings. The first kappa shape index (κ1) is 14.8. The summed E-state index contributed by atoms with van der Waals surface area (Å²) in [6.07, 6.45) is 5.10. The molecule has 0 radical (unpaired) electrons. The number of aromatic nitrogens is 3. The van der Waals surface area contributed by atoms with Crippen molar-refractivity contribution in [2.75, 3.05) is 0 Å². The molecule has 0 unspecified atom stereocenters. The highest BCUT2D eigenvalue weighted by Crippen LogP contribution is 2.27. The maximum absolute atomic E-state index is 12.4. The molecule has 0 fully saturated rings. The lowest BCUT2D eigenvalue weighted by Crippen LogP contribution is -2.35. The second-order valence-electron chi connectivity index (χ2n) is 5.51. The lowest BCUT2D eigenvalue weighted by Gasteiger charge is -2.07. The second-order valence-corrected chi connectivity index (χ2v) is 5.51. The van der Waals surface area contributed by atoms with E-state index in [-0.39, 0.29) is 0 Å². The van der Waals surface area contributed by atoms with Crippen LogP contribution in [0.15, 0.2) is 61.1 Å². The van der Waals surface area contributed by atoms with Crippen LogP contribution in [0.4, 0.5) is 0 Å². The number of nitrogens with zero attached hydrogens (tertiary/aromatic N) is 3. The maximum Gasteiger partial charge on any atom is 0.260 e. The first-order chi connectivity index (χ1) is 12.1. The van der Waals surface area contributed by atoms with Gasteiger partial charge in [-0.05, 0) is 24.3 Å². The van der Waals surface area contributed by atoms with E-state index < -0.39 is 11.9 Å². The number of amides is 1. The van der Waals surface area contributed by atoms with Gasteiger partial charge in [-0.1, -0.05) is 18.2 Å². The van der Waals surface area contributed by atoms with Gasteiger partial charge < -0.3 is 5.73 Å². The number of hydrogen-bond donors (Lipinski definition) is 3. The topological polar surface area (TPSA) is 110 Å². The van der Waals surface area contributed by atoms with Gasteiger partial charge in [0, 0.05) is 29.4 Å². The van der Waals surface area contributed by atoms with E-state index in [0.717, 1.165) is 16.6 Å². The first-order valence-corrected chi connectivity index (χ1v) is 7.61. The van der Waals surface area contributed by atoms with Crippen LogP contribution in [0.3, 0.4) is 0 Å². The summed E-state index contributed by atoms with van der Waals surface area (Å²) in [6, 6.07) is 13.3. The average Bonchev–Trinajstić information content (AvgIpc) is 3.00. The maximum atomic E-state index is 12.4. The minimum Gasteiger partial charge on any atom is -0.370 e. The number of rotatable bonds is 2. The number of hydrogen-bond acceptors (Lipinski definition) is 4. The number of nitrogens with one attached hydrogen (secondary N) is 2. The molecule has 1 aromatic carbocycles. The zero-order chi connectivity index (χ0) is 17.4. The van der Waals surface area contributed by atoms with Gasteiger partial charge >= 0.3 is 0 Å². The molecule has 0 spiro atoms. The molecule has 0 saturated carbocycles. The van der Waals surface area contributed by atoms with Crippen molar-refractivity contribution >= 4 is 33.8 Å². The van der Waals surface area contributed by atoms with Crippen LogP contribution in [0.2, 0.25) is 0 Å². The van der Waals surface area contributed by atoms with E-state index in [1.165, 1.54) is 0 Å². The molecule has 1 amide bonds. The number of pyridine rings is 2. The van der Waals surface area contributed by atoms with Gasteiger partial charge in [0.15, 0.2) is 5.96 Å². The van der Waals surface area contributed by atoms with Crippen LogP contribution >= 0.6 is 0 Å². The Morgan fingerprint density at radius 3 is 2.68 bits per heavy atom. The number of benzene rings is 1. The van der Waals surface area contributed by atoms with E-state index >= 15 is 0 Å². The van der Waals surface area contributed by atoms with Crippen LogP contribution < -0.4 is 11.1 Å². The summed E-state index contributed by atoms with van der Waals surface area (Å²) in [4.78, 5) is 21.3. The molecular formula is C18H14N6O. The number of carbonyl (C=O) groups is 1. The van der Waals surface area contributed by atoms with Gasteiger partial charge in [0.25, 0.3) is 5.91 Å². The van der Waals surface area contributed by atoms with Crippen molar-refractivity contribution in [3.8, 4) is 5.69 Å². The number of guanidine groups is 1. The van der Waals surface area contributed by atoms with Gasteiger partial charge in [-0.3, -0.25) is 25.1 Å². The van der Waals surface area contributed by atoms with Gasteiger partial charge in [0.05, 0.1) is 16.8 Å². The fraction of sp³-hybridized carbons (Fsp3) is 0. The molecule has 0 saturated heterocycles. The van der Waals surface area contributed by atoms with Crippen molar-refractivity contribution in [3.63, 3.8) is 0 Å². The van der Waals surface area contributed by atoms with E-state index in [1.807, 2.05) is 41.0 Å². The predicted molar refractivity (Wildman–Crippen MR) is 95.8 cm³/mol. The highest BCUT2D eigenvalue weighted by molar-refractivity contribution is 6.12. The Labute approximate surface area is 142 Å². The fourth-order valence-electron chi connectivity index (χ4n) is 2.90. The normalized spacial score (nSPS) is 10.9. The molecule has 3 heterocycles. The minimum atomic E-state index is -0.447. The van der Waals surface area contributed by atoms with Crippen LogP contribution in [-0.4, -0.2) is 26.4 Å². The zero-order valence-electron chi connectivity index (χ0n) is 13.1. The highest BCUT2D eigenvalue weighted by atomic mass is 16.1. The lowest BCUT2D eigenvalue weighted by atomic mass is 10.2. The molecule has 3 aromatic heterocycles. The number of nitrogens with two attached hydrogens (primary N) is 1. The van der Waals surface area contributed by atoms with E-state index in [0.29, 0.717) is 16.6 Å². The third kappa shape index (κ3) is 2.47. The molecular weight excluding hydrogens is 316 g/mol. The summed E-state index contributed by atoms with van der Waals surface area (Å²) in [5.74, 6) is -0.848. The summed E-state index contributed by atoms with van der Waals surface area (Å²) in [7, 11) is 0. The van der Waals surface area contributed by atoms with Gasteiger partial charge in [-0.25, -0.2) is 4.98 Å². The Morgan fingerprint density at radius 2 is 1.84 bits per heavy atom. The first-order valence-electron chi connectivity index (χ1n) is 7.61. The molecule has 7 heteroatoms. The molecule has 0 aliphatic heterocycles. The van der Waals surface area contributed by atoms with Crippen molar-refractivity contribution in [1.82, 2.24) is 19.9 Å². The van der Waals surface area contributed by atoms with Gasteiger partial charge in [-0.2, -0.15) is 0 Å². The minimum absolute atomic E-state index is 0.395. The van der Waals surface area contributed by atoms with Crippen molar-refractivity contribution in [2.24, 2.45) is 5.73 Å². The highest BCUT2D eigenvalue weighted by Gasteiger charge is 2.18. The van der Waals surface area contributed by atoms with Crippen molar-refractivity contribution in [1.29, 1.82) is 5.41 Å². The third-order valence-electron chi connectivity index (χ3n) is 3.93. The Bertz CT molecular complexity index is 1130. The molecule has 4 rings (SSSR count). The van der Waals surface area contributed by atoms with E-state index in [2.05, 4.69) is 15.3 Å². The number of fused-ring (bicyclic) bond motifs is 2. The van der Waals surface area contributed by atoms with Crippen LogP contribution in [0.25, 0.3) is 27.6 Å². The summed E-state index contributed by atoms with van der Waals surface area (Å²) >= 11 is 0. The fourth-order valence-corrected chi connectivity index (χ4v) is 2.90. The molecule has 4 N–H and O–H groups in total. The summed E-state index contributed by atoms with van der Waals surface area (Å²) in [5, 5.41) is 11.3. The smallest absolute Gasteiger partial charge is 0.260 e. The molecule has 7 nitrogen and oxygen atoms in total. The molecule has 25 heavy (non-hydrogen) atoms. The van der Waals surface area contributed by atoms with E-state index in [1.54, 1.807) is 24.7 Å². The summed E-state index contributed by atoms with van der Waals surface area (Å²) in [5.41, 5.74) is 7.95. The SMILES string of the molecule is N=C(N)NC(=O)c1cn(-c2cccc3cccnc23)c2ncccc12. The molecule has 0 bridgehead atoms. The van der Waals surface area contributed by atoms with E-state index in [9.17, 15) is 4.79 Å². The van der Waals surface area contributed by atoms with Crippen molar-refractivity contribution in [2.45, 2.75) is 0 Å². The van der Waals surface area contributed by atoms with Crippen LogP contribution in [0.5, 0.6) is 0 Å². The quantitative estimate of drug-likeness (QED) is 0.386. The van der Waals surface area contributed by atoms with E-state index in [4.69, 9.17) is 11.1 Å². The van der Waals surface area contributed by atoms with Crippen LogP contribution in [-0.2, 0) is 0 Å². The van der Waals surface area contributed by atoms with Gasteiger partial charge in [0.2, 0.25) is 0 Å². The summed E-state index contributed by atoms with van der Waals surface area (Å²) < 4.78 is 1.83. The monoisotopic (exact) mass is 330 g/mol. The molecule has 0 aliphatic rings. The van der Waals surface area contributed by atoms with Crippen LogP contribution in [0, 0.1) is 5.41 Å². The zero-order valence-corrected chi connectivity index (χ0v) is 13.1.